The summed E-state index contributed by atoms with van der Waals surface area (Å²) < 4.78 is 27.0. The first kappa shape index (κ1) is 22.2. The minimum absolute atomic E-state index is 0.0743. The second-order valence-electron chi connectivity index (χ2n) is 6.45. The standard InChI is InChI=1S/C19H17Cl2N3O5S/c20-15-6-7-16(21)18(13-15)30(28,29)23-11-9-22(10-12-23)19(25)8-5-14-3-1-2-4-17(14)24(26)27/h1-8,13H,9-12H2/b8-5+. The zero-order chi connectivity index (χ0) is 21.9. The summed E-state index contributed by atoms with van der Waals surface area (Å²) in [5, 5.41) is 11.4. The summed E-state index contributed by atoms with van der Waals surface area (Å²) in [7, 11) is -3.85. The van der Waals surface area contributed by atoms with Crippen molar-refractivity contribution >= 4 is 50.9 Å². The van der Waals surface area contributed by atoms with Crippen LogP contribution in [-0.2, 0) is 14.8 Å². The van der Waals surface area contributed by atoms with Crippen LogP contribution in [0.2, 0.25) is 10.0 Å². The molecule has 158 valence electrons. The number of carbonyl (C=O) groups is 1. The van der Waals surface area contributed by atoms with E-state index >= 15 is 0 Å². The number of para-hydroxylation sites is 1. The van der Waals surface area contributed by atoms with Gasteiger partial charge in [0.15, 0.2) is 0 Å². The lowest BCUT2D eigenvalue weighted by atomic mass is 10.1. The Morgan fingerprint density at radius 1 is 1.07 bits per heavy atom. The average Bonchev–Trinajstić information content (AvgIpc) is 2.73. The highest BCUT2D eigenvalue weighted by molar-refractivity contribution is 7.89. The maximum absolute atomic E-state index is 12.9. The van der Waals surface area contributed by atoms with Crippen molar-refractivity contribution in [1.82, 2.24) is 9.21 Å². The monoisotopic (exact) mass is 469 g/mol. The van der Waals surface area contributed by atoms with Crippen LogP contribution in [0.15, 0.2) is 53.4 Å². The van der Waals surface area contributed by atoms with Gasteiger partial charge in [-0.1, -0.05) is 35.3 Å². The molecular weight excluding hydrogens is 453 g/mol. The van der Waals surface area contributed by atoms with Gasteiger partial charge in [0.1, 0.15) is 4.90 Å². The zero-order valence-corrected chi connectivity index (χ0v) is 17.9. The normalized spacial score (nSPS) is 15.5. The Balaban J connectivity index is 1.67. The third-order valence-electron chi connectivity index (χ3n) is 4.60. The van der Waals surface area contributed by atoms with E-state index in [1.165, 1.54) is 45.6 Å². The molecule has 0 saturated carbocycles. The number of nitro groups is 1. The van der Waals surface area contributed by atoms with Gasteiger partial charge in [-0.25, -0.2) is 8.42 Å². The fourth-order valence-corrected chi connectivity index (χ4v) is 5.18. The third-order valence-corrected chi connectivity index (χ3v) is 7.22. The van der Waals surface area contributed by atoms with Crippen LogP contribution in [-0.4, -0.2) is 54.6 Å². The molecule has 0 unspecified atom stereocenters. The molecule has 3 rings (SSSR count). The summed E-state index contributed by atoms with van der Waals surface area (Å²) in [6.07, 6.45) is 2.63. The molecule has 1 amide bonds. The van der Waals surface area contributed by atoms with Crippen molar-refractivity contribution in [3.8, 4) is 0 Å². The highest BCUT2D eigenvalue weighted by atomic mass is 35.5. The van der Waals surface area contributed by atoms with Crippen LogP contribution in [0.1, 0.15) is 5.56 Å². The van der Waals surface area contributed by atoms with Gasteiger partial charge >= 0.3 is 0 Å². The van der Waals surface area contributed by atoms with Crippen molar-refractivity contribution in [1.29, 1.82) is 0 Å². The highest BCUT2D eigenvalue weighted by Gasteiger charge is 2.31. The lowest BCUT2D eigenvalue weighted by molar-refractivity contribution is -0.385. The molecule has 2 aromatic rings. The fraction of sp³-hybridized carbons (Fsp3) is 0.211. The molecule has 0 aromatic heterocycles. The number of rotatable bonds is 5. The van der Waals surface area contributed by atoms with Crippen LogP contribution in [0.4, 0.5) is 5.69 Å². The lowest BCUT2D eigenvalue weighted by Gasteiger charge is -2.33. The van der Waals surface area contributed by atoms with Crippen LogP contribution in [0, 0.1) is 10.1 Å². The number of piperazine rings is 1. The second-order valence-corrected chi connectivity index (χ2v) is 9.20. The zero-order valence-electron chi connectivity index (χ0n) is 15.6. The number of hydrogen-bond donors (Lipinski definition) is 0. The second kappa shape index (κ2) is 9.13. The molecule has 1 heterocycles. The molecular formula is C19H17Cl2N3O5S. The Morgan fingerprint density at radius 2 is 1.73 bits per heavy atom. The number of amides is 1. The van der Waals surface area contributed by atoms with Gasteiger partial charge in [-0.3, -0.25) is 14.9 Å². The minimum atomic E-state index is -3.85. The number of sulfonamides is 1. The lowest BCUT2D eigenvalue weighted by Crippen LogP contribution is -2.50. The van der Waals surface area contributed by atoms with Crippen molar-refractivity contribution in [2.45, 2.75) is 4.90 Å². The summed E-state index contributed by atoms with van der Waals surface area (Å²) in [4.78, 5) is 24.4. The van der Waals surface area contributed by atoms with E-state index in [0.717, 1.165) is 0 Å². The van der Waals surface area contributed by atoms with E-state index < -0.39 is 14.9 Å². The number of carbonyl (C=O) groups excluding carboxylic acids is 1. The van der Waals surface area contributed by atoms with Crippen molar-refractivity contribution in [3.05, 3.63) is 74.3 Å². The third kappa shape index (κ3) is 4.81. The van der Waals surface area contributed by atoms with Crippen LogP contribution in [0.25, 0.3) is 6.08 Å². The molecule has 0 bridgehead atoms. The van der Waals surface area contributed by atoms with Crippen molar-refractivity contribution in [2.24, 2.45) is 0 Å². The molecule has 0 N–H and O–H groups in total. The van der Waals surface area contributed by atoms with E-state index in [1.807, 2.05) is 0 Å². The summed E-state index contributed by atoms with van der Waals surface area (Å²) in [6, 6.07) is 10.3. The van der Waals surface area contributed by atoms with Crippen LogP contribution < -0.4 is 0 Å². The summed E-state index contributed by atoms with van der Waals surface area (Å²) in [5.74, 6) is -0.356. The molecule has 0 aliphatic carbocycles. The Morgan fingerprint density at radius 3 is 2.40 bits per heavy atom. The minimum Gasteiger partial charge on any atom is -0.337 e. The molecule has 1 aliphatic heterocycles. The van der Waals surface area contributed by atoms with Crippen LogP contribution >= 0.6 is 23.2 Å². The Labute approximate surface area is 183 Å². The SMILES string of the molecule is O=C(/C=C/c1ccccc1[N+](=O)[O-])N1CCN(S(=O)(=O)c2cc(Cl)ccc2Cl)CC1. The number of nitrogens with zero attached hydrogens (tertiary/aromatic N) is 3. The molecule has 1 fully saturated rings. The van der Waals surface area contributed by atoms with E-state index in [-0.39, 0.29) is 52.7 Å². The first-order chi connectivity index (χ1) is 14.2. The van der Waals surface area contributed by atoms with Gasteiger partial charge in [-0.2, -0.15) is 4.31 Å². The maximum atomic E-state index is 12.9. The number of halogens is 2. The largest absolute Gasteiger partial charge is 0.337 e. The molecule has 0 radical (unpaired) electrons. The number of benzene rings is 2. The van der Waals surface area contributed by atoms with E-state index in [2.05, 4.69) is 0 Å². The molecule has 1 saturated heterocycles. The fourth-order valence-electron chi connectivity index (χ4n) is 3.02. The number of nitro benzene ring substituents is 1. The summed E-state index contributed by atoms with van der Waals surface area (Å²) in [6.45, 7) is 0.543. The smallest absolute Gasteiger partial charge is 0.276 e. The number of hydrogen-bond acceptors (Lipinski definition) is 5. The average molecular weight is 470 g/mol. The predicted molar refractivity (Wildman–Crippen MR) is 114 cm³/mol. The molecule has 0 spiro atoms. The first-order valence-electron chi connectivity index (χ1n) is 8.86. The molecule has 2 aromatic carbocycles. The van der Waals surface area contributed by atoms with Crippen molar-refractivity contribution in [3.63, 3.8) is 0 Å². The van der Waals surface area contributed by atoms with Gasteiger partial charge in [0.25, 0.3) is 5.69 Å². The Kier molecular flexibility index (Phi) is 6.77. The first-order valence-corrected chi connectivity index (χ1v) is 11.1. The molecule has 1 aliphatic rings. The van der Waals surface area contributed by atoms with Gasteiger partial charge in [-0.15, -0.1) is 0 Å². The van der Waals surface area contributed by atoms with Crippen molar-refractivity contribution in [2.75, 3.05) is 26.2 Å². The Bertz CT molecular complexity index is 1110. The van der Waals surface area contributed by atoms with E-state index in [4.69, 9.17) is 23.2 Å². The van der Waals surface area contributed by atoms with Gasteiger partial charge < -0.3 is 4.90 Å². The molecule has 30 heavy (non-hydrogen) atoms. The Hall–Kier alpha value is -2.46. The molecule has 11 heteroatoms. The van der Waals surface area contributed by atoms with Crippen LogP contribution in [0.3, 0.4) is 0 Å². The van der Waals surface area contributed by atoms with Gasteiger partial charge in [0.05, 0.1) is 15.5 Å². The van der Waals surface area contributed by atoms with E-state index in [9.17, 15) is 23.3 Å². The van der Waals surface area contributed by atoms with Crippen LogP contribution in [0.5, 0.6) is 0 Å². The molecule has 0 atom stereocenters. The van der Waals surface area contributed by atoms with Gasteiger partial charge in [0.2, 0.25) is 15.9 Å². The van der Waals surface area contributed by atoms with E-state index in [0.29, 0.717) is 5.56 Å². The summed E-state index contributed by atoms with van der Waals surface area (Å²) in [5.41, 5.74) is 0.212. The highest BCUT2D eigenvalue weighted by Crippen LogP contribution is 2.28. The summed E-state index contributed by atoms with van der Waals surface area (Å²) >= 11 is 11.9. The van der Waals surface area contributed by atoms with Gasteiger partial charge in [-0.05, 0) is 30.3 Å². The van der Waals surface area contributed by atoms with Gasteiger partial charge in [0, 0.05) is 43.3 Å². The maximum Gasteiger partial charge on any atom is 0.276 e. The van der Waals surface area contributed by atoms with E-state index in [1.54, 1.807) is 18.2 Å². The van der Waals surface area contributed by atoms with Crippen molar-refractivity contribution < 1.29 is 18.1 Å². The predicted octanol–water partition coefficient (Wildman–Crippen LogP) is 3.45. The topological polar surface area (TPSA) is 101 Å². The quantitative estimate of drug-likeness (QED) is 0.379. The molecule has 8 nitrogen and oxygen atoms in total.